The smallest absolute Gasteiger partial charge is 0.307 e. The number of hydrogen-bond acceptors (Lipinski definition) is 4. The van der Waals surface area contributed by atoms with E-state index in [2.05, 4.69) is 24.2 Å². The van der Waals surface area contributed by atoms with Gasteiger partial charge >= 0.3 is 5.97 Å². The summed E-state index contributed by atoms with van der Waals surface area (Å²) in [6.45, 7) is 8.72. The molecule has 1 fully saturated rings. The molecule has 4 nitrogen and oxygen atoms in total. The zero-order valence-electron chi connectivity index (χ0n) is 11.4. The van der Waals surface area contributed by atoms with Crippen molar-refractivity contribution in [3.05, 3.63) is 0 Å². The molecule has 1 rings (SSSR count). The Bertz CT molecular complexity index is 236. The van der Waals surface area contributed by atoms with Gasteiger partial charge in [-0.25, -0.2) is 0 Å². The van der Waals surface area contributed by atoms with E-state index in [0.717, 1.165) is 13.1 Å². The van der Waals surface area contributed by atoms with Crippen LogP contribution in [-0.2, 0) is 9.53 Å². The minimum atomic E-state index is -0.103. The van der Waals surface area contributed by atoms with Gasteiger partial charge in [-0.05, 0) is 45.3 Å². The van der Waals surface area contributed by atoms with E-state index in [0.29, 0.717) is 18.4 Å². The molecular weight excluding hydrogens is 216 g/mol. The fourth-order valence-corrected chi connectivity index (χ4v) is 2.15. The van der Waals surface area contributed by atoms with Gasteiger partial charge in [-0.1, -0.05) is 6.92 Å². The molecule has 1 aliphatic rings. The molecule has 0 aromatic rings. The Morgan fingerprint density at radius 3 is 2.65 bits per heavy atom. The highest BCUT2D eigenvalue weighted by Gasteiger charge is 2.28. The molecule has 0 amide bonds. The Morgan fingerprint density at radius 1 is 1.41 bits per heavy atom. The van der Waals surface area contributed by atoms with Crippen molar-refractivity contribution >= 4 is 5.97 Å². The number of carbonyl (C=O) groups is 1. The largest absolute Gasteiger partial charge is 0.466 e. The Morgan fingerprint density at radius 2 is 2.06 bits per heavy atom. The highest BCUT2D eigenvalue weighted by Crippen LogP contribution is 2.29. The zero-order valence-corrected chi connectivity index (χ0v) is 11.4. The third-order valence-electron chi connectivity index (χ3n) is 3.56. The van der Waals surface area contributed by atoms with Gasteiger partial charge < -0.3 is 15.0 Å². The summed E-state index contributed by atoms with van der Waals surface area (Å²) in [6, 6.07) is 0. The molecule has 0 unspecified atom stereocenters. The van der Waals surface area contributed by atoms with Crippen molar-refractivity contribution in [3.8, 4) is 0 Å². The number of likely N-dealkylation sites (tertiary alicyclic amines) is 1. The van der Waals surface area contributed by atoms with E-state index in [1.165, 1.54) is 25.9 Å². The topological polar surface area (TPSA) is 41.6 Å². The summed E-state index contributed by atoms with van der Waals surface area (Å²) in [5.41, 5.74) is 0.390. The second-order valence-electron chi connectivity index (χ2n) is 5.35. The van der Waals surface area contributed by atoms with Crippen LogP contribution in [0, 0.1) is 5.41 Å². The first-order valence-electron chi connectivity index (χ1n) is 6.61. The third kappa shape index (κ3) is 5.50. The lowest BCUT2D eigenvalue weighted by atomic mass is 9.80. The fourth-order valence-electron chi connectivity index (χ4n) is 2.15. The van der Waals surface area contributed by atoms with Crippen molar-refractivity contribution in [1.82, 2.24) is 10.2 Å². The van der Waals surface area contributed by atoms with Gasteiger partial charge in [-0.3, -0.25) is 4.79 Å². The standard InChI is InChI=1S/C13H26N2O2/c1-4-17-12(16)5-8-14-11-13(2)6-9-15(3)10-7-13/h14H,4-11H2,1-3H3. The van der Waals surface area contributed by atoms with Crippen LogP contribution in [0.3, 0.4) is 0 Å². The van der Waals surface area contributed by atoms with Gasteiger partial charge in [0.1, 0.15) is 0 Å². The molecule has 4 heteroatoms. The van der Waals surface area contributed by atoms with E-state index in [4.69, 9.17) is 4.74 Å². The summed E-state index contributed by atoms with van der Waals surface area (Å²) < 4.78 is 4.89. The molecule has 0 aliphatic carbocycles. The number of ether oxygens (including phenoxy) is 1. The van der Waals surface area contributed by atoms with Gasteiger partial charge in [0.2, 0.25) is 0 Å². The van der Waals surface area contributed by atoms with Crippen LogP contribution < -0.4 is 5.32 Å². The number of hydrogen-bond donors (Lipinski definition) is 1. The molecule has 1 N–H and O–H groups in total. The van der Waals surface area contributed by atoms with Gasteiger partial charge in [0.15, 0.2) is 0 Å². The molecular formula is C13H26N2O2. The lowest BCUT2D eigenvalue weighted by Gasteiger charge is -2.38. The number of nitrogens with zero attached hydrogens (tertiary/aromatic N) is 1. The second-order valence-corrected chi connectivity index (χ2v) is 5.35. The molecule has 1 saturated heterocycles. The summed E-state index contributed by atoms with van der Waals surface area (Å²) in [7, 11) is 2.17. The first kappa shape index (κ1) is 14.5. The van der Waals surface area contributed by atoms with Crippen LogP contribution in [0.25, 0.3) is 0 Å². The predicted octanol–water partition coefficient (Wildman–Crippen LogP) is 1.26. The summed E-state index contributed by atoms with van der Waals surface area (Å²) in [4.78, 5) is 13.5. The quantitative estimate of drug-likeness (QED) is 0.562. The molecule has 0 saturated carbocycles. The maximum absolute atomic E-state index is 11.1. The Balaban J connectivity index is 2.11. The van der Waals surface area contributed by atoms with Crippen LogP contribution in [0.2, 0.25) is 0 Å². The van der Waals surface area contributed by atoms with Crippen LogP contribution in [0.4, 0.5) is 0 Å². The molecule has 17 heavy (non-hydrogen) atoms. The summed E-state index contributed by atoms with van der Waals surface area (Å²) in [5.74, 6) is -0.103. The molecule has 0 atom stereocenters. The van der Waals surface area contributed by atoms with E-state index in [1.807, 2.05) is 6.92 Å². The molecule has 0 spiro atoms. The van der Waals surface area contributed by atoms with Crippen LogP contribution >= 0.6 is 0 Å². The lowest BCUT2D eigenvalue weighted by molar-refractivity contribution is -0.143. The Kier molecular flexibility index (Phi) is 5.92. The third-order valence-corrected chi connectivity index (χ3v) is 3.56. The number of esters is 1. The van der Waals surface area contributed by atoms with Gasteiger partial charge in [-0.15, -0.1) is 0 Å². The van der Waals surface area contributed by atoms with Gasteiger partial charge in [-0.2, -0.15) is 0 Å². The van der Waals surface area contributed by atoms with E-state index in [9.17, 15) is 4.79 Å². The monoisotopic (exact) mass is 242 g/mol. The minimum Gasteiger partial charge on any atom is -0.466 e. The van der Waals surface area contributed by atoms with Crippen molar-refractivity contribution in [1.29, 1.82) is 0 Å². The van der Waals surface area contributed by atoms with Crippen LogP contribution in [-0.4, -0.2) is 50.7 Å². The highest BCUT2D eigenvalue weighted by molar-refractivity contribution is 5.69. The average Bonchev–Trinajstić information content (AvgIpc) is 2.30. The SMILES string of the molecule is CCOC(=O)CCNCC1(C)CCN(C)CC1. The number of rotatable bonds is 6. The first-order valence-corrected chi connectivity index (χ1v) is 6.61. The fraction of sp³-hybridized carbons (Fsp3) is 0.923. The molecule has 0 aromatic carbocycles. The van der Waals surface area contributed by atoms with E-state index >= 15 is 0 Å². The first-order chi connectivity index (χ1) is 8.06. The van der Waals surface area contributed by atoms with Crippen molar-refractivity contribution in [2.45, 2.75) is 33.1 Å². The highest BCUT2D eigenvalue weighted by atomic mass is 16.5. The van der Waals surface area contributed by atoms with Crippen molar-refractivity contribution < 1.29 is 9.53 Å². The maximum atomic E-state index is 11.1. The van der Waals surface area contributed by atoms with Crippen molar-refractivity contribution in [2.75, 3.05) is 39.8 Å². The normalized spacial score (nSPS) is 20.2. The number of piperidine rings is 1. The molecule has 0 bridgehead atoms. The zero-order chi connectivity index (χ0) is 12.7. The molecule has 1 aliphatic heterocycles. The van der Waals surface area contributed by atoms with Crippen molar-refractivity contribution in [2.24, 2.45) is 5.41 Å². The average molecular weight is 242 g/mol. The number of carbonyl (C=O) groups excluding carboxylic acids is 1. The molecule has 1 heterocycles. The molecule has 100 valence electrons. The minimum absolute atomic E-state index is 0.103. The number of nitrogens with one attached hydrogen (secondary N) is 1. The van der Waals surface area contributed by atoms with Gasteiger partial charge in [0.25, 0.3) is 0 Å². The predicted molar refractivity (Wildman–Crippen MR) is 69.0 cm³/mol. The van der Waals surface area contributed by atoms with E-state index < -0.39 is 0 Å². The molecule has 0 aromatic heterocycles. The maximum Gasteiger partial charge on any atom is 0.307 e. The van der Waals surface area contributed by atoms with Gasteiger partial charge in [0.05, 0.1) is 13.0 Å². The second kappa shape index (κ2) is 6.97. The lowest BCUT2D eigenvalue weighted by Crippen LogP contribution is -2.42. The Hall–Kier alpha value is -0.610. The molecule has 0 radical (unpaired) electrons. The van der Waals surface area contributed by atoms with Crippen LogP contribution in [0.5, 0.6) is 0 Å². The van der Waals surface area contributed by atoms with E-state index in [1.54, 1.807) is 0 Å². The summed E-state index contributed by atoms with van der Waals surface area (Å²) in [5, 5.41) is 3.38. The summed E-state index contributed by atoms with van der Waals surface area (Å²) in [6.07, 6.45) is 2.94. The summed E-state index contributed by atoms with van der Waals surface area (Å²) >= 11 is 0. The van der Waals surface area contributed by atoms with E-state index in [-0.39, 0.29) is 5.97 Å². The van der Waals surface area contributed by atoms with Crippen LogP contribution in [0.15, 0.2) is 0 Å². The Labute approximate surface area is 105 Å². The van der Waals surface area contributed by atoms with Crippen molar-refractivity contribution in [3.63, 3.8) is 0 Å². The van der Waals surface area contributed by atoms with Gasteiger partial charge in [0, 0.05) is 13.1 Å². The van der Waals surface area contributed by atoms with Crippen LogP contribution in [0.1, 0.15) is 33.1 Å².